The molecule has 0 aromatic heterocycles. The van der Waals surface area contributed by atoms with Gasteiger partial charge < -0.3 is 10.2 Å². The van der Waals surface area contributed by atoms with Crippen molar-refractivity contribution in [3.8, 4) is 33.4 Å². The minimum atomic E-state index is 1.07. The van der Waals surface area contributed by atoms with Crippen LogP contribution in [0.25, 0.3) is 44.2 Å². The molecule has 0 heterocycles. The molecule has 8 rings (SSSR count). The highest BCUT2D eigenvalue weighted by atomic mass is 15.1. The van der Waals surface area contributed by atoms with E-state index >= 15 is 0 Å². The van der Waals surface area contributed by atoms with Gasteiger partial charge in [-0.15, -0.1) is 0 Å². The van der Waals surface area contributed by atoms with Gasteiger partial charge in [0.05, 0.1) is 0 Å². The topological polar surface area (TPSA) is 15.3 Å². The average Bonchev–Trinajstić information content (AvgIpc) is 3.17. The molecule has 0 amide bonds. The molecule has 0 spiro atoms. The number of benzene rings is 8. The lowest BCUT2D eigenvalue weighted by Crippen LogP contribution is -2.10. The molecule has 2 heteroatoms. The lowest BCUT2D eigenvalue weighted by atomic mass is 9.96. The maximum atomic E-state index is 3.63. The van der Waals surface area contributed by atoms with E-state index in [4.69, 9.17) is 0 Å². The second kappa shape index (κ2) is 13.2. The van der Waals surface area contributed by atoms with Crippen molar-refractivity contribution in [3.05, 3.63) is 200 Å². The molecule has 0 saturated heterocycles. The van der Waals surface area contributed by atoms with Gasteiger partial charge >= 0.3 is 0 Å². The third-order valence-corrected chi connectivity index (χ3v) is 8.86. The third kappa shape index (κ3) is 5.95. The predicted molar refractivity (Wildman–Crippen MR) is 205 cm³/mol. The standard InChI is InChI=1S/C46H34N2/c1-4-13-34(14-5-1)36-23-27-40(28-24-36)48(41-29-25-37(26-30-41)35-15-6-2-7-16-35)42-31-32-43-38(33-42)17-12-21-44(43)45-20-10-11-22-46(45)47-39-18-8-3-9-19-39/h1-33,47H. The number of hydrogen-bond acceptors (Lipinski definition) is 2. The Kier molecular flexibility index (Phi) is 7.96. The number of fused-ring (bicyclic) bond motifs is 1. The molecule has 8 aromatic carbocycles. The fourth-order valence-corrected chi connectivity index (χ4v) is 6.46. The van der Waals surface area contributed by atoms with Gasteiger partial charge in [-0.25, -0.2) is 0 Å². The van der Waals surface area contributed by atoms with Crippen molar-refractivity contribution in [1.29, 1.82) is 0 Å². The van der Waals surface area contributed by atoms with Crippen molar-refractivity contribution >= 4 is 39.2 Å². The molecule has 0 bridgehead atoms. The Morgan fingerprint density at radius 2 is 0.812 bits per heavy atom. The molecular weight excluding hydrogens is 581 g/mol. The highest BCUT2D eigenvalue weighted by Crippen LogP contribution is 2.40. The third-order valence-electron chi connectivity index (χ3n) is 8.86. The van der Waals surface area contributed by atoms with Gasteiger partial charge in [0.25, 0.3) is 0 Å². The van der Waals surface area contributed by atoms with E-state index in [1.165, 1.54) is 44.2 Å². The number of para-hydroxylation sites is 2. The Morgan fingerprint density at radius 3 is 1.42 bits per heavy atom. The van der Waals surface area contributed by atoms with Crippen LogP contribution in [0.4, 0.5) is 28.4 Å². The van der Waals surface area contributed by atoms with E-state index in [2.05, 4.69) is 204 Å². The van der Waals surface area contributed by atoms with Gasteiger partial charge in [0, 0.05) is 34.0 Å². The van der Waals surface area contributed by atoms with Crippen LogP contribution in [0.15, 0.2) is 200 Å². The van der Waals surface area contributed by atoms with Crippen molar-refractivity contribution in [3.63, 3.8) is 0 Å². The molecule has 1 N–H and O–H groups in total. The first kappa shape index (κ1) is 29.1. The summed E-state index contributed by atoms with van der Waals surface area (Å²) in [5, 5.41) is 6.03. The molecule has 8 aromatic rings. The summed E-state index contributed by atoms with van der Waals surface area (Å²) in [4.78, 5) is 2.35. The molecule has 0 radical (unpaired) electrons. The fraction of sp³-hybridized carbons (Fsp3) is 0. The number of hydrogen-bond donors (Lipinski definition) is 1. The smallest absolute Gasteiger partial charge is 0.0468 e. The van der Waals surface area contributed by atoms with Gasteiger partial charge in [0.1, 0.15) is 0 Å². The number of rotatable bonds is 8. The minimum Gasteiger partial charge on any atom is -0.355 e. The largest absolute Gasteiger partial charge is 0.355 e. The molecule has 0 aliphatic heterocycles. The molecular formula is C46H34N2. The molecule has 48 heavy (non-hydrogen) atoms. The molecule has 0 saturated carbocycles. The van der Waals surface area contributed by atoms with Crippen molar-refractivity contribution in [2.24, 2.45) is 0 Å². The quantitative estimate of drug-likeness (QED) is 0.183. The van der Waals surface area contributed by atoms with Gasteiger partial charge in [0.2, 0.25) is 0 Å². The Morgan fingerprint density at radius 1 is 0.333 bits per heavy atom. The zero-order valence-electron chi connectivity index (χ0n) is 26.5. The Bertz CT molecular complexity index is 2190. The average molecular weight is 615 g/mol. The Hall–Kier alpha value is -6.38. The zero-order valence-corrected chi connectivity index (χ0v) is 26.5. The van der Waals surface area contributed by atoms with E-state index in [1.54, 1.807) is 0 Å². The molecule has 0 fully saturated rings. The minimum absolute atomic E-state index is 1.07. The first-order valence-corrected chi connectivity index (χ1v) is 16.4. The Balaban J connectivity index is 1.21. The molecule has 0 atom stereocenters. The second-order valence-corrected chi connectivity index (χ2v) is 11.9. The van der Waals surface area contributed by atoms with Crippen LogP contribution in [-0.2, 0) is 0 Å². The van der Waals surface area contributed by atoms with Gasteiger partial charge in [-0.05, 0) is 93.2 Å². The zero-order chi connectivity index (χ0) is 32.1. The molecule has 0 aliphatic rings. The maximum Gasteiger partial charge on any atom is 0.0468 e. The van der Waals surface area contributed by atoms with Crippen LogP contribution in [0.3, 0.4) is 0 Å². The summed E-state index contributed by atoms with van der Waals surface area (Å²) >= 11 is 0. The van der Waals surface area contributed by atoms with Crippen LogP contribution in [0, 0.1) is 0 Å². The lowest BCUT2D eigenvalue weighted by Gasteiger charge is -2.26. The summed E-state index contributed by atoms with van der Waals surface area (Å²) < 4.78 is 0. The first-order valence-electron chi connectivity index (χ1n) is 16.4. The summed E-state index contributed by atoms with van der Waals surface area (Å²) in [5.74, 6) is 0. The summed E-state index contributed by atoms with van der Waals surface area (Å²) in [7, 11) is 0. The molecule has 0 unspecified atom stereocenters. The number of nitrogens with one attached hydrogen (secondary N) is 1. The second-order valence-electron chi connectivity index (χ2n) is 11.9. The fourth-order valence-electron chi connectivity index (χ4n) is 6.46. The number of anilines is 5. The van der Waals surface area contributed by atoms with Crippen LogP contribution in [0.5, 0.6) is 0 Å². The lowest BCUT2D eigenvalue weighted by molar-refractivity contribution is 1.29. The van der Waals surface area contributed by atoms with Crippen molar-refractivity contribution < 1.29 is 0 Å². The van der Waals surface area contributed by atoms with Gasteiger partial charge in [0.15, 0.2) is 0 Å². The first-order chi connectivity index (χ1) is 23.8. The molecule has 228 valence electrons. The van der Waals surface area contributed by atoms with Crippen LogP contribution < -0.4 is 10.2 Å². The van der Waals surface area contributed by atoms with Crippen LogP contribution >= 0.6 is 0 Å². The van der Waals surface area contributed by atoms with Gasteiger partial charge in [-0.1, -0.05) is 146 Å². The Labute approximate surface area is 282 Å². The van der Waals surface area contributed by atoms with E-state index in [1.807, 2.05) is 6.07 Å². The summed E-state index contributed by atoms with van der Waals surface area (Å²) in [5.41, 5.74) is 12.7. The number of nitrogens with zero attached hydrogens (tertiary/aromatic N) is 1. The normalized spacial score (nSPS) is 10.9. The molecule has 2 nitrogen and oxygen atoms in total. The predicted octanol–water partition coefficient (Wildman–Crippen LogP) is 13.1. The molecule has 0 aliphatic carbocycles. The SMILES string of the molecule is c1ccc(Nc2ccccc2-c2cccc3cc(N(c4ccc(-c5ccccc5)cc4)c4ccc(-c5ccccc5)cc4)ccc23)cc1. The summed E-state index contributed by atoms with van der Waals surface area (Å²) in [6, 6.07) is 71.1. The van der Waals surface area contributed by atoms with Crippen molar-refractivity contribution in [2.75, 3.05) is 10.2 Å². The van der Waals surface area contributed by atoms with Crippen LogP contribution in [0.2, 0.25) is 0 Å². The monoisotopic (exact) mass is 614 g/mol. The van der Waals surface area contributed by atoms with Crippen LogP contribution in [0.1, 0.15) is 0 Å². The van der Waals surface area contributed by atoms with E-state index in [9.17, 15) is 0 Å². The van der Waals surface area contributed by atoms with E-state index < -0.39 is 0 Å². The van der Waals surface area contributed by atoms with E-state index in [0.29, 0.717) is 0 Å². The van der Waals surface area contributed by atoms with E-state index in [0.717, 1.165) is 28.4 Å². The summed E-state index contributed by atoms with van der Waals surface area (Å²) in [6.07, 6.45) is 0. The highest BCUT2D eigenvalue weighted by Gasteiger charge is 2.16. The summed E-state index contributed by atoms with van der Waals surface area (Å²) in [6.45, 7) is 0. The van der Waals surface area contributed by atoms with Crippen molar-refractivity contribution in [1.82, 2.24) is 0 Å². The van der Waals surface area contributed by atoms with Crippen LogP contribution in [-0.4, -0.2) is 0 Å². The van der Waals surface area contributed by atoms with Gasteiger partial charge in [-0.3, -0.25) is 0 Å². The highest BCUT2D eigenvalue weighted by molar-refractivity contribution is 6.02. The van der Waals surface area contributed by atoms with E-state index in [-0.39, 0.29) is 0 Å². The maximum absolute atomic E-state index is 3.63. The van der Waals surface area contributed by atoms with Crippen molar-refractivity contribution in [2.45, 2.75) is 0 Å². The van der Waals surface area contributed by atoms with Gasteiger partial charge in [-0.2, -0.15) is 0 Å².